The maximum Gasteiger partial charge on any atom is 0.231 e. The van der Waals surface area contributed by atoms with Gasteiger partial charge in [0.15, 0.2) is 0 Å². The molecule has 1 aliphatic heterocycles. The topological polar surface area (TPSA) is 56.1 Å². The van der Waals surface area contributed by atoms with Gasteiger partial charge in [-0.05, 0) is 42.5 Å². The molecule has 1 saturated heterocycles. The molecule has 156 valence electrons. The van der Waals surface area contributed by atoms with Gasteiger partial charge in [-0.15, -0.1) is 10.2 Å². The summed E-state index contributed by atoms with van der Waals surface area (Å²) in [5.74, 6) is 3.03. The first-order valence-corrected chi connectivity index (χ1v) is 10.6. The summed E-state index contributed by atoms with van der Waals surface area (Å²) in [4.78, 5) is 6.62. The van der Waals surface area contributed by atoms with Crippen LogP contribution in [0.2, 0.25) is 5.02 Å². The minimum atomic E-state index is -0.313. The number of pyridine rings is 1. The van der Waals surface area contributed by atoms with Crippen LogP contribution in [0.15, 0.2) is 36.5 Å². The Labute approximate surface area is 179 Å². The quantitative estimate of drug-likeness (QED) is 0.596. The zero-order valence-corrected chi connectivity index (χ0v) is 17.7. The molecule has 1 saturated carbocycles. The zero-order chi connectivity index (χ0) is 20.8. The fourth-order valence-corrected chi connectivity index (χ4v) is 4.62. The van der Waals surface area contributed by atoms with E-state index in [9.17, 15) is 4.39 Å². The molecular formula is C22H23ClFN5O. The van der Waals surface area contributed by atoms with Crippen molar-refractivity contribution < 1.29 is 9.13 Å². The number of ether oxygens (including phenoxy) is 1. The van der Waals surface area contributed by atoms with Crippen LogP contribution in [-0.2, 0) is 0 Å². The number of nitrogens with zero attached hydrogens (tertiary/aromatic N) is 5. The van der Waals surface area contributed by atoms with E-state index in [-0.39, 0.29) is 11.7 Å². The van der Waals surface area contributed by atoms with Crippen molar-refractivity contribution >= 4 is 17.5 Å². The number of halogens is 2. The van der Waals surface area contributed by atoms with Crippen molar-refractivity contribution in [1.29, 1.82) is 0 Å². The van der Waals surface area contributed by atoms with Crippen molar-refractivity contribution in [2.75, 3.05) is 25.1 Å². The maximum atomic E-state index is 13.5. The predicted molar refractivity (Wildman–Crippen MR) is 113 cm³/mol. The van der Waals surface area contributed by atoms with Gasteiger partial charge in [-0.25, -0.2) is 9.37 Å². The lowest BCUT2D eigenvalue weighted by atomic mass is 9.90. The molecule has 2 fully saturated rings. The van der Waals surface area contributed by atoms with E-state index in [1.54, 1.807) is 19.4 Å². The number of methoxy groups -OCH3 is 1. The van der Waals surface area contributed by atoms with Crippen molar-refractivity contribution in [3.63, 3.8) is 0 Å². The third-order valence-electron chi connectivity index (χ3n) is 6.06. The first-order valence-electron chi connectivity index (χ1n) is 10.2. The Morgan fingerprint density at radius 3 is 2.63 bits per heavy atom. The molecule has 3 aromatic rings. The average Bonchev–Trinajstić information content (AvgIpc) is 3.38. The van der Waals surface area contributed by atoms with Crippen LogP contribution in [0.25, 0.3) is 5.69 Å². The van der Waals surface area contributed by atoms with Crippen molar-refractivity contribution in [2.24, 2.45) is 5.92 Å². The highest BCUT2D eigenvalue weighted by molar-refractivity contribution is 6.31. The smallest absolute Gasteiger partial charge is 0.231 e. The van der Waals surface area contributed by atoms with E-state index in [1.165, 1.54) is 12.1 Å². The molecule has 2 aromatic heterocycles. The van der Waals surface area contributed by atoms with E-state index >= 15 is 0 Å². The van der Waals surface area contributed by atoms with Crippen LogP contribution in [0.1, 0.15) is 43.0 Å². The van der Waals surface area contributed by atoms with Crippen LogP contribution in [0.5, 0.6) is 5.88 Å². The van der Waals surface area contributed by atoms with Gasteiger partial charge in [0.05, 0.1) is 19.0 Å². The van der Waals surface area contributed by atoms with Gasteiger partial charge in [0.2, 0.25) is 11.8 Å². The number of hydrogen-bond acceptors (Lipinski definition) is 5. The summed E-state index contributed by atoms with van der Waals surface area (Å²) in [5, 5.41) is 9.57. The monoisotopic (exact) mass is 427 g/mol. The van der Waals surface area contributed by atoms with E-state index in [0.717, 1.165) is 49.0 Å². The Bertz CT molecular complexity index is 1070. The van der Waals surface area contributed by atoms with E-state index in [4.69, 9.17) is 16.3 Å². The molecule has 0 unspecified atom stereocenters. The molecule has 0 bridgehead atoms. The number of anilines is 1. The number of rotatable bonds is 5. The summed E-state index contributed by atoms with van der Waals surface area (Å²) in [6.07, 6.45) is 4.06. The fraction of sp³-hybridized carbons (Fsp3) is 0.409. The van der Waals surface area contributed by atoms with Gasteiger partial charge in [-0.1, -0.05) is 24.6 Å². The van der Waals surface area contributed by atoms with Crippen LogP contribution in [-0.4, -0.2) is 39.9 Å². The molecule has 3 heterocycles. The predicted octanol–water partition coefficient (Wildman–Crippen LogP) is 4.58. The highest BCUT2D eigenvalue weighted by atomic mass is 35.5. The molecule has 1 aliphatic carbocycles. The van der Waals surface area contributed by atoms with Crippen molar-refractivity contribution in [2.45, 2.75) is 31.6 Å². The third-order valence-corrected chi connectivity index (χ3v) is 6.39. The van der Waals surface area contributed by atoms with E-state index in [1.807, 2.05) is 12.1 Å². The van der Waals surface area contributed by atoms with Gasteiger partial charge in [-0.3, -0.25) is 4.57 Å². The summed E-state index contributed by atoms with van der Waals surface area (Å²) >= 11 is 6.37. The lowest BCUT2D eigenvalue weighted by Gasteiger charge is -2.20. The van der Waals surface area contributed by atoms with Gasteiger partial charge in [-0.2, -0.15) is 0 Å². The number of aromatic nitrogens is 4. The molecule has 1 aromatic carbocycles. The van der Waals surface area contributed by atoms with Crippen LogP contribution in [0.4, 0.5) is 10.3 Å². The Morgan fingerprint density at radius 1 is 1.13 bits per heavy atom. The minimum Gasteiger partial charge on any atom is -0.481 e. The summed E-state index contributed by atoms with van der Waals surface area (Å²) < 4.78 is 20.8. The van der Waals surface area contributed by atoms with Crippen molar-refractivity contribution in [1.82, 2.24) is 19.7 Å². The highest BCUT2D eigenvalue weighted by Crippen LogP contribution is 2.43. The second-order valence-corrected chi connectivity index (χ2v) is 8.59. The van der Waals surface area contributed by atoms with Gasteiger partial charge in [0.25, 0.3) is 0 Å². The van der Waals surface area contributed by atoms with E-state index in [2.05, 4.69) is 31.6 Å². The van der Waals surface area contributed by atoms with Crippen LogP contribution in [0.3, 0.4) is 0 Å². The Morgan fingerprint density at radius 2 is 1.97 bits per heavy atom. The van der Waals surface area contributed by atoms with Gasteiger partial charge >= 0.3 is 0 Å². The summed E-state index contributed by atoms with van der Waals surface area (Å²) in [6.45, 7) is 3.77. The second kappa shape index (κ2) is 7.54. The van der Waals surface area contributed by atoms with Crippen molar-refractivity contribution in [3.8, 4) is 11.6 Å². The SMILES string of the molecule is COc1ccc(-n2c(C3CC3)nnc2N2C[C@H](c3ccc(F)cc3Cl)[C@@H](C)C2)cn1. The Balaban J connectivity index is 1.50. The summed E-state index contributed by atoms with van der Waals surface area (Å²) in [5.41, 5.74) is 1.90. The molecule has 6 nitrogen and oxygen atoms in total. The normalized spacial score (nSPS) is 21.3. The largest absolute Gasteiger partial charge is 0.481 e. The highest BCUT2D eigenvalue weighted by Gasteiger charge is 2.37. The van der Waals surface area contributed by atoms with Crippen LogP contribution >= 0.6 is 11.6 Å². The van der Waals surface area contributed by atoms with E-state index in [0.29, 0.717) is 22.7 Å². The number of hydrogen-bond donors (Lipinski definition) is 0. The average molecular weight is 428 g/mol. The fourth-order valence-electron chi connectivity index (χ4n) is 4.31. The molecule has 2 atom stereocenters. The molecule has 0 spiro atoms. The van der Waals surface area contributed by atoms with E-state index < -0.39 is 0 Å². The molecule has 2 aliphatic rings. The Kier molecular flexibility index (Phi) is 4.85. The zero-order valence-electron chi connectivity index (χ0n) is 16.9. The molecule has 30 heavy (non-hydrogen) atoms. The Hall–Kier alpha value is -2.67. The first-order chi connectivity index (χ1) is 14.5. The maximum absolute atomic E-state index is 13.5. The summed E-state index contributed by atoms with van der Waals surface area (Å²) in [6, 6.07) is 8.51. The lowest BCUT2D eigenvalue weighted by Crippen LogP contribution is -2.24. The van der Waals surface area contributed by atoms with Crippen molar-refractivity contribution in [3.05, 3.63) is 58.8 Å². The first kappa shape index (κ1) is 19.3. The van der Waals surface area contributed by atoms with Gasteiger partial charge < -0.3 is 9.64 Å². The molecule has 8 heteroatoms. The van der Waals surface area contributed by atoms with Crippen LogP contribution < -0.4 is 9.64 Å². The lowest BCUT2D eigenvalue weighted by molar-refractivity contribution is 0.398. The second-order valence-electron chi connectivity index (χ2n) is 8.18. The molecule has 0 amide bonds. The molecule has 0 radical (unpaired) electrons. The molecule has 0 N–H and O–H groups in total. The molecular weight excluding hydrogens is 405 g/mol. The minimum absolute atomic E-state index is 0.196. The van der Waals surface area contributed by atoms with Crippen LogP contribution in [0, 0.1) is 11.7 Å². The number of benzene rings is 1. The summed E-state index contributed by atoms with van der Waals surface area (Å²) in [7, 11) is 1.61. The molecule has 5 rings (SSSR count). The van der Waals surface area contributed by atoms with Gasteiger partial charge in [0.1, 0.15) is 11.6 Å². The third kappa shape index (κ3) is 3.41. The standard InChI is InChI=1S/C22H23ClFN5O/c1-13-11-28(12-18(13)17-7-5-15(24)9-19(17)23)22-27-26-21(14-3-4-14)29(22)16-6-8-20(30-2)25-10-16/h5-10,13-14,18H,3-4,11-12H2,1-2H3/t13-,18-/m0/s1. The van der Waals surface area contributed by atoms with Gasteiger partial charge in [0, 0.05) is 36.0 Å².